The largest absolute Gasteiger partial charge is 0.489 e. The highest BCUT2D eigenvalue weighted by molar-refractivity contribution is 5.64. The third-order valence-corrected chi connectivity index (χ3v) is 5.60. The normalized spacial score (nSPS) is 18.7. The average molecular weight is 365 g/mol. The van der Waals surface area contributed by atoms with Gasteiger partial charge in [-0.25, -0.2) is 0 Å². The predicted molar refractivity (Wildman–Crippen MR) is 113 cm³/mol. The van der Waals surface area contributed by atoms with Crippen LogP contribution in [0.5, 0.6) is 11.5 Å². The minimum Gasteiger partial charge on any atom is -0.489 e. The van der Waals surface area contributed by atoms with Crippen LogP contribution in [0.15, 0.2) is 43.0 Å². The maximum Gasteiger partial charge on any atom is 0.127 e. The van der Waals surface area contributed by atoms with E-state index in [1.807, 2.05) is 12.1 Å². The number of ether oxygens (including phenoxy) is 2. The Morgan fingerprint density at radius 2 is 1.81 bits per heavy atom. The van der Waals surface area contributed by atoms with Gasteiger partial charge in [0.05, 0.1) is 0 Å². The van der Waals surface area contributed by atoms with E-state index in [9.17, 15) is 0 Å². The van der Waals surface area contributed by atoms with E-state index >= 15 is 0 Å². The summed E-state index contributed by atoms with van der Waals surface area (Å²) in [5.74, 6) is 2.42. The van der Waals surface area contributed by atoms with Gasteiger partial charge in [0.1, 0.15) is 24.2 Å². The summed E-state index contributed by atoms with van der Waals surface area (Å²) < 4.78 is 12.8. The van der Waals surface area contributed by atoms with Gasteiger partial charge in [0, 0.05) is 22.6 Å². The lowest BCUT2D eigenvalue weighted by molar-refractivity contribution is 0.231. The zero-order valence-electron chi connectivity index (χ0n) is 17.6. The maximum atomic E-state index is 6.49. The van der Waals surface area contributed by atoms with Crippen molar-refractivity contribution in [2.75, 3.05) is 0 Å². The third-order valence-electron chi connectivity index (χ3n) is 5.60. The predicted octanol–water partition coefficient (Wildman–Crippen LogP) is 6.48. The summed E-state index contributed by atoms with van der Waals surface area (Å²) in [7, 11) is 0. The Hall–Kier alpha value is -2.22. The van der Waals surface area contributed by atoms with E-state index in [-0.39, 0.29) is 11.5 Å². The number of allylic oxidation sites excluding steroid dienone is 1. The van der Waals surface area contributed by atoms with Gasteiger partial charge in [-0.15, -0.1) is 6.58 Å². The van der Waals surface area contributed by atoms with E-state index in [2.05, 4.69) is 72.4 Å². The topological polar surface area (TPSA) is 18.5 Å². The minimum absolute atomic E-state index is 0.0325. The van der Waals surface area contributed by atoms with E-state index in [0.29, 0.717) is 12.5 Å². The number of fused-ring (bicyclic) bond motifs is 1. The highest BCUT2D eigenvalue weighted by atomic mass is 16.5. The Morgan fingerprint density at radius 1 is 1.15 bits per heavy atom. The lowest BCUT2D eigenvalue weighted by Crippen LogP contribution is -2.19. The Labute approximate surface area is 164 Å². The molecule has 2 nitrogen and oxygen atoms in total. The van der Waals surface area contributed by atoms with Crippen molar-refractivity contribution in [1.82, 2.24) is 0 Å². The van der Waals surface area contributed by atoms with E-state index < -0.39 is 0 Å². The first-order chi connectivity index (χ1) is 12.8. The van der Waals surface area contributed by atoms with Crippen LogP contribution >= 0.6 is 0 Å². The fourth-order valence-corrected chi connectivity index (χ4v) is 4.03. The van der Waals surface area contributed by atoms with E-state index in [0.717, 1.165) is 17.9 Å². The molecule has 0 radical (unpaired) electrons. The molecule has 27 heavy (non-hydrogen) atoms. The van der Waals surface area contributed by atoms with Gasteiger partial charge in [-0.05, 0) is 36.8 Å². The second kappa shape index (κ2) is 7.42. The van der Waals surface area contributed by atoms with Crippen molar-refractivity contribution in [1.29, 1.82) is 0 Å². The van der Waals surface area contributed by atoms with Gasteiger partial charge >= 0.3 is 0 Å². The maximum absolute atomic E-state index is 6.49. The fraction of sp³-hybridized carbons (Fsp3) is 0.440. The van der Waals surface area contributed by atoms with Crippen molar-refractivity contribution in [3.63, 3.8) is 0 Å². The number of benzene rings is 2. The summed E-state index contributed by atoms with van der Waals surface area (Å²) in [4.78, 5) is 0. The molecule has 0 N–H and O–H groups in total. The molecule has 1 aliphatic heterocycles. The standard InChI is InChI=1S/C25H32O2/c1-8-12-20-17(3)23(26-15-19-13-10-9-11-14-19)22(25(5,6)7)21-16(2)18(4)27-24(20)21/h8-11,13-14,16,18H,1,12,15H2,2-7H3. The third kappa shape index (κ3) is 3.63. The van der Waals surface area contributed by atoms with Crippen LogP contribution in [0.4, 0.5) is 0 Å². The zero-order valence-corrected chi connectivity index (χ0v) is 17.6. The van der Waals surface area contributed by atoms with Crippen LogP contribution in [0.3, 0.4) is 0 Å². The van der Waals surface area contributed by atoms with Crippen molar-refractivity contribution < 1.29 is 9.47 Å². The molecule has 1 heterocycles. The van der Waals surface area contributed by atoms with Crippen LogP contribution < -0.4 is 9.47 Å². The molecule has 3 rings (SSSR count). The molecule has 0 saturated carbocycles. The summed E-state index contributed by atoms with van der Waals surface area (Å²) in [6.07, 6.45) is 2.92. The summed E-state index contributed by atoms with van der Waals surface area (Å²) in [6, 6.07) is 10.4. The Bertz CT molecular complexity index is 828. The lowest BCUT2D eigenvalue weighted by atomic mass is 9.77. The zero-order chi connectivity index (χ0) is 19.8. The molecule has 2 aromatic carbocycles. The molecule has 2 atom stereocenters. The molecular formula is C25H32O2. The molecule has 2 heteroatoms. The van der Waals surface area contributed by atoms with Crippen LogP contribution in [-0.2, 0) is 18.4 Å². The number of hydrogen-bond acceptors (Lipinski definition) is 2. The molecule has 0 fully saturated rings. The van der Waals surface area contributed by atoms with Crippen LogP contribution in [0.2, 0.25) is 0 Å². The molecule has 0 bridgehead atoms. The SMILES string of the molecule is C=CCc1c(C)c(OCc2ccccc2)c(C(C)(C)C)c2c1OC(C)C2C. The van der Waals surface area contributed by atoms with Crippen LogP contribution in [-0.4, -0.2) is 6.10 Å². The van der Waals surface area contributed by atoms with Gasteiger partial charge in [-0.1, -0.05) is 64.1 Å². The van der Waals surface area contributed by atoms with Crippen molar-refractivity contribution in [2.45, 2.75) is 72.0 Å². The fourth-order valence-electron chi connectivity index (χ4n) is 4.03. The molecule has 2 aromatic rings. The van der Waals surface area contributed by atoms with Crippen molar-refractivity contribution in [2.24, 2.45) is 0 Å². The average Bonchev–Trinajstić information content (AvgIpc) is 2.90. The molecular weight excluding hydrogens is 332 g/mol. The Kier molecular flexibility index (Phi) is 5.37. The summed E-state index contributed by atoms with van der Waals surface area (Å²) in [5.41, 5.74) is 6.15. The molecule has 0 aliphatic carbocycles. The summed E-state index contributed by atoms with van der Waals surface area (Å²) >= 11 is 0. The first kappa shape index (κ1) is 19.5. The Balaban J connectivity index is 2.18. The lowest BCUT2D eigenvalue weighted by Gasteiger charge is -2.29. The van der Waals surface area contributed by atoms with Gasteiger partial charge in [0.25, 0.3) is 0 Å². The molecule has 1 aliphatic rings. The van der Waals surface area contributed by atoms with Crippen LogP contribution in [0.1, 0.15) is 68.4 Å². The number of hydrogen-bond donors (Lipinski definition) is 0. The molecule has 0 saturated heterocycles. The van der Waals surface area contributed by atoms with Gasteiger partial charge in [0.2, 0.25) is 0 Å². The molecule has 0 amide bonds. The quantitative estimate of drug-likeness (QED) is 0.565. The highest BCUT2D eigenvalue weighted by Crippen LogP contribution is 2.52. The van der Waals surface area contributed by atoms with E-state index in [4.69, 9.17) is 9.47 Å². The second-order valence-corrected chi connectivity index (χ2v) is 8.68. The van der Waals surface area contributed by atoms with Gasteiger partial charge < -0.3 is 9.47 Å². The molecule has 0 spiro atoms. The van der Waals surface area contributed by atoms with Crippen molar-refractivity contribution in [3.8, 4) is 11.5 Å². The van der Waals surface area contributed by atoms with Gasteiger partial charge in [-0.2, -0.15) is 0 Å². The van der Waals surface area contributed by atoms with Crippen molar-refractivity contribution in [3.05, 3.63) is 70.8 Å². The Morgan fingerprint density at radius 3 is 2.41 bits per heavy atom. The van der Waals surface area contributed by atoms with Gasteiger partial charge in [0.15, 0.2) is 0 Å². The van der Waals surface area contributed by atoms with E-state index in [1.54, 1.807) is 0 Å². The van der Waals surface area contributed by atoms with Crippen molar-refractivity contribution >= 4 is 0 Å². The highest BCUT2D eigenvalue weighted by Gasteiger charge is 2.38. The monoisotopic (exact) mass is 364 g/mol. The first-order valence-corrected chi connectivity index (χ1v) is 9.89. The van der Waals surface area contributed by atoms with Gasteiger partial charge in [-0.3, -0.25) is 0 Å². The van der Waals surface area contributed by atoms with Crippen LogP contribution in [0.25, 0.3) is 0 Å². The second-order valence-electron chi connectivity index (χ2n) is 8.68. The minimum atomic E-state index is -0.0325. The molecule has 0 aromatic heterocycles. The van der Waals surface area contributed by atoms with Crippen LogP contribution in [0, 0.1) is 6.92 Å². The molecule has 2 unspecified atom stereocenters. The summed E-state index contributed by atoms with van der Waals surface area (Å²) in [6.45, 7) is 17.9. The number of rotatable bonds is 5. The van der Waals surface area contributed by atoms with E-state index in [1.165, 1.54) is 27.8 Å². The molecule has 144 valence electrons. The first-order valence-electron chi connectivity index (χ1n) is 9.89. The smallest absolute Gasteiger partial charge is 0.127 e. The summed E-state index contributed by atoms with van der Waals surface area (Å²) in [5, 5.41) is 0.